The van der Waals surface area contributed by atoms with Crippen molar-refractivity contribution in [2.75, 3.05) is 7.11 Å². The summed E-state index contributed by atoms with van der Waals surface area (Å²) in [4.78, 5) is 25.2. The Kier molecular flexibility index (Phi) is 4.47. The number of carbonyl (C=O) groups excluding carboxylic acids is 2. The molecule has 0 saturated heterocycles. The van der Waals surface area contributed by atoms with Crippen LogP contribution in [-0.2, 0) is 16.0 Å². The first kappa shape index (κ1) is 11.4. The SMILES string of the molecule is COC(=O)c1cc(CCCC=O)ccn1. The van der Waals surface area contributed by atoms with Crippen molar-refractivity contribution in [1.82, 2.24) is 4.98 Å². The highest BCUT2D eigenvalue weighted by Crippen LogP contribution is 2.06. The Morgan fingerprint density at radius 2 is 2.40 bits per heavy atom. The third kappa shape index (κ3) is 3.50. The molecule has 0 saturated carbocycles. The van der Waals surface area contributed by atoms with Crippen molar-refractivity contribution >= 4 is 12.3 Å². The quantitative estimate of drug-likeness (QED) is 0.416. The average Bonchev–Trinajstić information content (AvgIpc) is 2.29. The van der Waals surface area contributed by atoms with Gasteiger partial charge in [-0.1, -0.05) is 0 Å². The second-order valence-electron chi connectivity index (χ2n) is 3.10. The molecule has 0 unspecified atom stereocenters. The lowest BCUT2D eigenvalue weighted by Gasteiger charge is -2.01. The van der Waals surface area contributed by atoms with Crippen LogP contribution >= 0.6 is 0 Å². The molecule has 0 fully saturated rings. The van der Waals surface area contributed by atoms with Gasteiger partial charge in [-0.15, -0.1) is 0 Å². The maximum Gasteiger partial charge on any atom is 0.356 e. The van der Waals surface area contributed by atoms with Gasteiger partial charge in [-0.05, 0) is 30.5 Å². The Hall–Kier alpha value is -1.71. The van der Waals surface area contributed by atoms with E-state index in [1.165, 1.54) is 7.11 Å². The Morgan fingerprint density at radius 1 is 1.60 bits per heavy atom. The van der Waals surface area contributed by atoms with Gasteiger partial charge < -0.3 is 9.53 Å². The number of unbranched alkanes of at least 4 members (excludes halogenated alkanes) is 1. The number of ether oxygens (including phenoxy) is 1. The first-order valence-electron chi connectivity index (χ1n) is 4.75. The van der Waals surface area contributed by atoms with Crippen LogP contribution in [0.25, 0.3) is 0 Å². The predicted molar refractivity (Wildman–Crippen MR) is 54.6 cm³/mol. The molecule has 80 valence electrons. The molecule has 0 atom stereocenters. The normalized spacial score (nSPS) is 9.67. The van der Waals surface area contributed by atoms with E-state index in [1.807, 2.05) is 6.07 Å². The number of pyridine rings is 1. The van der Waals surface area contributed by atoms with Crippen LogP contribution in [0.5, 0.6) is 0 Å². The fourth-order valence-electron chi connectivity index (χ4n) is 1.24. The van der Waals surface area contributed by atoms with Crippen LogP contribution < -0.4 is 0 Å². The molecular formula is C11H13NO3. The molecule has 0 N–H and O–H groups in total. The second-order valence-corrected chi connectivity index (χ2v) is 3.10. The van der Waals surface area contributed by atoms with Gasteiger partial charge in [-0.25, -0.2) is 9.78 Å². The molecule has 0 radical (unpaired) electrons. The molecular weight excluding hydrogens is 194 g/mol. The summed E-state index contributed by atoms with van der Waals surface area (Å²) in [5.74, 6) is -0.438. The molecule has 0 aromatic carbocycles. The lowest BCUT2D eigenvalue weighted by Crippen LogP contribution is -2.04. The summed E-state index contributed by atoms with van der Waals surface area (Å²) in [7, 11) is 1.32. The lowest BCUT2D eigenvalue weighted by molar-refractivity contribution is -0.107. The third-order valence-corrected chi connectivity index (χ3v) is 2.01. The fraction of sp³-hybridized carbons (Fsp3) is 0.364. The summed E-state index contributed by atoms with van der Waals surface area (Å²) in [6.45, 7) is 0. The summed E-state index contributed by atoms with van der Waals surface area (Å²) < 4.78 is 4.56. The van der Waals surface area contributed by atoms with E-state index >= 15 is 0 Å². The highest BCUT2D eigenvalue weighted by atomic mass is 16.5. The van der Waals surface area contributed by atoms with Crippen LogP contribution in [0.1, 0.15) is 28.9 Å². The van der Waals surface area contributed by atoms with Gasteiger partial charge in [0.1, 0.15) is 12.0 Å². The predicted octanol–water partition coefficient (Wildman–Crippen LogP) is 1.39. The van der Waals surface area contributed by atoms with Crippen LogP contribution in [0.3, 0.4) is 0 Å². The highest BCUT2D eigenvalue weighted by molar-refractivity contribution is 5.87. The Balaban J connectivity index is 2.65. The van der Waals surface area contributed by atoms with E-state index < -0.39 is 5.97 Å². The average molecular weight is 207 g/mol. The molecule has 0 aliphatic carbocycles. The number of hydrogen-bond donors (Lipinski definition) is 0. The molecule has 15 heavy (non-hydrogen) atoms. The van der Waals surface area contributed by atoms with Crippen LogP contribution in [0.15, 0.2) is 18.3 Å². The Bertz CT molecular complexity index is 349. The van der Waals surface area contributed by atoms with Gasteiger partial charge in [-0.3, -0.25) is 0 Å². The molecule has 1 aromatic rings. The van der Waals surface area contributed by atoms with Crippen molar-refractivity contribution < 1.29 is 14.3 Å². The topological polar surface area (TPSA) is 56.3 Å². The number of nitrogens with zero attached hydrogens (tertiary/aromatic N) is 1. The zero-order valence-electron chi connectivity index (χ0n) is 8.60. The summed E-state index contributed by atoms with van der Waals surface area (Å²) in [6, 6.07) is 3.52. The van der Waals surface area contributed by atoms with Crippen molar-refractivity contribution in [3.63, 3.8) is 0 Å². The van der Waals surface area contributed by atoms with Crippen LogP contribution in [0.2, 0.25) is 0 Å². The molecule has 0 amide bonds. The molecule has 1 rings (SSSR count). The summed E-state index contributed by atoms with van der Waals surface area (Å²) >= 11 is 0. The molecule has 1 aromatic heterocycles. The number of aldehydes is 1. The number of aromatic nitrogens is 1. The number of esters is 1. The van der Waals surface area contributed by atoms with Crippen molar-refractivity contribution in [2.45, 2.75) is 19.3 Å². The van der Waals surface area contributed by atoms with Gasteiger partial charge in [0.2, 0.25) is 0 Å². The van der Waals surface area contributed by atoms with Gasteiger partial charge in [0.15, 0.2) is 0 Å². The van der Waals surface area contributed by atoms with E-state index in [4.69, 9.17) is 0 Å². The number of methoxy groups -OCH3 is 1. The number of aryl methyl sites for hydroxylation is 1. The van der Waals surface area contributed by atoms with E-state index in [1.54, 1.807) is 12.3 Å². The van der Waals surface area contributed by atoms with E-state index in [-0.39, 0.29) is 0 Å². The van der Waals surface area contributed by atoms with Crippen LogP contribution in [-0.4, -0.2) is 24.3 Å². The van der Waals surface area contributed by atoms with Crippen LogP contribution in [0.4, 0.5) is 0 Å². The zero-order valence-corrected chi connectivity index (χ0v) is 8.60. The number of rotatable bonds is 5. The number of hydrogen-bond acceptors (Lipinski definition) is 4. The van der Waals surface area contributed by atoms with Gasteiger partial charge >= 0.3 is 5.97 Å². The van der Waals surface area contributed by atoms with Crippen molar-refractivity contribution in [3.05, 3.63) is 29.6 Å². The minimum absolute atomic E-state index is 0.307. The lowest BCUT2D eigenvalue weighted by atomic mass is 10.1. The molecule has 0 aliphatic rings. The summed E-state index contributed by atoms with van der Waals surface area (Å²) in [6.07, 6.45) is 4.56. The molecule has 4 nitrogen and oxygen atoms in total. The third-order valence-electron chi connectivity index (χ3n) is 2.01. The first-order chi connectivity index (χ1) is 7.27. The largest absolute Gasteiger partial charge is 0.464 e. The molecule has 0 spiro atoms. The molecule has 0 aliphatic heterocycles. The minimum atomic E-state index is -0.438. The molecule has 4 heteroatoms. The Morgan fingerprint density at radius 3 is 3.07 bits per heavy atom. The van der Waals surface area contributed by atoms with E-state index in [9.17, 15) is 9.59 Å². The van der Waals surface area contributed by atoms with E-state index in [0.29, 0.717) is 12.1 Å². The van der Waals surface area contributed by atoms with Gasteiger partial charge in [0.25, 0.3) is 0 Å². The number of carbonyl (C=O) groups is 2. The molecule has 0 bridgehead atoms. The fourth-order valence-corrected chi connectivity index (χ4v) is 1.24. The molecule has 1 heterocycles. The van der Waals surface area contributed by atoms with E-state index in [0.717, 1.165) is 24.7 Å². The second kappa shape index (κ2) is 5.90. The van der Waals surface area contributed by atoms with Gasteiger partial charge in [0, 0.05) is 12.6 Å². The monoisotopic (exact) mass is 207 g/mol. The standard InChI is InChI=1S/C11H13NO3/c1-15-11(14)10-8-9(5-6-12-10)4-2-3-7-13/h5-8H,2-4H2,1H3. The summed E-state index contributed by atoms with van der Waals surface area (Å²) in [5.41, 5.74) is 1.30. The maximum absolute atomic E-state index is 11.2. The summed E-state index contributed by atoms with van der Waals surface area (Å²) in [5, 5.41) is 0. The van der Waals surface area contributed by atoms with Crippen molar-refractivity contribution in [3.8, 4) is 0 Å². The first-order valence-corrected chi connectivity index (χ1v) is 4.75. The Labute approximate surface area is 88.3 Å². The zero-order chi connectivity index (χ0) is 11.1. The minimum Gasteiger partial charge on any atom is -0.464 e. The maximum atomic E-state index is 11.2. The highest BCUT2D eigenvalue weighted by Gasteiger charge is 2.06. The van der Waals surface area contributed by atoms with Gasteiger partial charge in [-0.2, -0.15) is 0 Å². The van der Waals surface area contributed by atoms with E-state index in [2.05, 4.69) is 9.72 Å². The van der Waals surface area contributed by atoms with Gasteiger partial charge in [0.05, 0.1) is 7.11 Å². The van der Waals surface area contributed by atoms with Crippen molar-refractivity contribution in [2.24, 2.45) is 0 Å². The smallest absolute Gasteiger partial charge is 0.356 e. The van der Waals surface area contributed by atoms with Crippen molar-refractivity contribution in [1.29, 1.82) is 0 Å². The van der Waals surface area contributed by atoms with Crippen LogP contribution in [0, 0.1) is 0 Å².